The SMILES string of the molecule is O=[N+]([O-])c1cc(C(F)(F)F)c(Cl)c(S(=O)(=O)O)c1. The predicted molar refractivity (Wildman–Crippen MR) is 52.9 cm³/mol. The van der Waals surface area contributed by atoms with Gasteiger partial charge in [0.15, 0.2) is 0 Å². The molecule has 0 aromatic heterocycles. The molecule has 1 N–H and O–H groups in total. The third-order valence-electron chi connectivity index (χ3n) is 1.82. The molecule has 0 unspecified atom stereocenters. The number of hydrogen-bond donors (Lipinski definition) is 1. The van der Waals surface area contributed by atoms with Gasteiger partial charge in [-0.3, -0.25) is 14.7 Å². The molecule has 1 rings (SSSR count). The second-order valence-corrected chi connectivity index (χ2v) is 4.80. The molecule has 0 atom stereocenters. The zero-order chi connectivity index (χ0) is 14.3. The Hall–Kier alpha value is -1.39. The fraction of sp³-hybridized carbons (Fsp3) is 0.143. The van der Waals surface area contributed by atoms with E-state index in [2.05, 4.69) is 0 Å². The van der Waals surface area contributed by atoms with Gasteiger partial charge in [0, 0.05) is 12.1 Å². The molecule has 0 aliphatic carbocycles. The first kappa shape index (κ1) is 14.7. The fourth-order valence-corrected chi connectivity index (χ4v) is 2.20. The van der Waals surface area contributed by atoms with Crippen molar-refractivity contribution in [2.75, 3.05) is 0 Å². The average Bonchev–Trinajstić information content (AvgIpc) is 2.13. The highest BCUT2D eigenvalue weighted by molar-refractivity contribution is 7.86. The van der Waals surface area contributed by atoms with E-state index in [0.29, 0.717) is 0 Å². The van der Waals surface area contributed by atoms with Gasteiger partial charge in [-0.15, -0.1) is 0 Å². The number of nitro groups is 1. The van der Waals surface area contributed by atoms with E-state index in [9.17, 15) is 31.7 Å². The fourth-order valence-electron chi connectivity index (χ4n) is 1.08. The Morgan fingerprint density at radius 3 is 2.17 bits per heavy atom. The van der Waals surface area contributed by atoms with Crippen LogP contribution in [0.4, 0.5) is 18.9 Å². The van der Waals surface area contributed by atoms with E-state index in [1.807, 2.05) is 0 Å². The molecule has 100 valence electrons. The van der Waals surface area contributed by atoms with Crippen LogP contribution in [0.2, 0.25) is 5.02 Å². The third kappa shape index (κ3) is 2.89. The van der Waals surface area contributed by atoms with Crippen molar-refractivity contribution in [3.05, 3.63) is 32.8 Å². The summed E-state index contributed by atoms with van der Waals surface area (Å²) in [5.74, 6) is 0. The van der Waals surface area contributed by atoms with Crippen LogP contribution in [0.25, 0.3) is 0 Å². The number of nitro benzene ring substituents is 1. The normalized spacial score (nSPS) is 12.5. The molecule has 11 heteroatoms. The minimum atomic E-state index is -5.11. The Morgan fingerprint density at radius 1 is 1.33 bits per heavy atom. The van der Waals surface area contributed by atoms with Gasteiger partial charge >= 0.3 is 6.18 Å². The van der Waals surface area contributed by atoms with Gasteiger partial charge in [-0.25, -0.2) is 0 Å². The molecule has 6 nitrogen and oxygen atoms in total. The minimum absolute atomic E-state index is 0.0804. The summed E-state index contributed by atoms with van der Waals surface area (Å²) < 4.78 is 67.7. The molecule has 0 amide bonds. The summed E-state index contributed by atoms with van der Waals surface area (Å²) in [7, 11) is -5.11. The lowest BCUT2D eigenvalue weighted by molar-refractivity contribution is -0.385. The molecule has 0 saturated carbocycles. The minimum Gasteiger partial charge on any atom is -0.282 e. The van der Waals surface area contributed by atoms with Crippen LogP contribution in [0.5, 0.6) is 0 Å². The van der Waals surface area contributed by atoms with E-state index in [4.69, 9.17) is 16.2 Å². The molecular weight excluding hydrogens is 303 g/mol. The maximum Gasteiger partial charge on any atom is 0.418 e. The summed E-state index contributed by atoms with van der Waals surface area (Å²) in [6.45, 7) is 0. The van der Waals surface area contributed by atoms with Crippen molar-refractivity contribution in [3.8, 4) is 0 Å². The van der Waals surface area contributed by atoms with Gasteiger partial charge in [0.25, 0.3) is 15.8 Å². The van der Waals surface area contributed by atoms with Gasteiger partial charge in [0.1, 0.15) is 4.90 Å². The third-order valence-corrected chi connectivity index (χ3v) is 3.22. The Balaban J connectivity index is 3.76. The van der Waals surface area contributed by atoms with Crippen molar-refractivity contribution < 1.29 is 31.1 Å². The van der Waals surface area contributed by atoms with Crippen molar-refractivity contribution in [1.82, 2.24) is 0 Å². The van der Waals surface area contributed by atoms with Crippen LogP contribution in [-0.2, 0) is 16.3 Å². The standard InChI is InChI=1S/C7H3ClF3NO5S/c8-6-4(7(9,10)11)1-3(12(13)14)2-5(6)18(15,16)17/h1-2H,(H,15,16,17). The van der Waals surface area contributed by atoms with Crippen LogP contribution >= 0.6 is 11.6 Å². The monoisotopic (exact) mass is 305 g/mol. The highest BCUT2D eigenvalue weighted by Crippen LogP contribution is 2.40. The van der Waals surface area contributed by atoms with Crippen molar-refractivity contribution in [2.24, 2.45) is 0 Å². The largest absolute Gasteiger partial charge is 0.418 e. The number of benzene rings is 1. The highest BCUT2D eigenvalue weighted by Gasteiger charge is 2.38. The average molecular weight is 306 g/mol. The van der Waals surface area contributed by atoms with Crippen molar-refractivity contribution in [3.63, 3.8) is 0 Å². The lowest BCUT2D eigenvalue weighted by atomic mass is 10.2. The second kappa shape index (κ2) is 4.37. The maximum atomic E-state index is 12.5. The lowest BCUT2D eigenvalue weighted by Gasteiger charge is -2.10. The molecule has 0 spiro atoms. The maximum absolute atomic E-state index is 12.5. The molecule has 0 aliphatic rings. The van der Waals surface area contributed by atoms with Crippen LogP contribution in [0.15, 0.2) is 17.0 Å². The van der Waals surface area contributed by atoms with Gasteiger partial charge in [-0.05, 0) is 0 Å². The summed E-state index contributed by atoms with van der Waals surface area (Å²) in [6.07, 6.45) is -5.09. The second-order valence-electron chi connectivity index (χ2n) is 3.04. The van der Waals surface area contributed by atoms with E-state index >= 15 is 0 Å². The molecule has 1 aromatic rings. The number of alkyl halides is 3. The summed E-state index contributed by atoms with van der Waals surface area (Å²) in [5.41, 5.74) is -2.87. The number of rotatable bonds is 2. The first-order valence-corrected chi connectivity index (χ1v) is 5.79. The van der Waals surface area contributed by atoms with E-state index in [1.165, 1.54) is 0 Å². The zero-order valence-corrected chi connectivity index (χ0v) is 9.67. The van der Waals surface area contributed by atoms with E-state index in [0.717, 1.165) is 0 Å². The van der Waals surface area contributed by atoms with Gasteiger partial charge in [0.05, 0.1) is 15.5 Å². The van der Waals surface area contributed by atoms with E-state index < -0.39 is 42.4 Å². The molecule has 0 saturated heterocycles. The molecule has 18 heavy (non-hydrogen) atoms. The summed E-state index contributed by atoms with van der Waals surface area (Å²) in [4.78, 5) is 7.78. The van der Waals surface area contributed by atoms with Crippen LogP contribution in [0.3, 0.4) is 0 Å². The van der Waals surface area contributed by atoms with Gasteiger partial charge in [-0.1, -0.05) is 11.6 Å². The van der Waals surface area contributed by atoms with Crippen molar-refractivity contribution >= 4 is 27.4 Å². The zero-order valence-electron chi connectivity index (χ0n) is 8.10. The predicted octanol–water partition coefficient (Wildman–Crippen LogP) is 2.51. The quantitative estimate of drug-likeness (QED) is 0.514. The summed E-state index contributed by atoms with van der Waals surface area (Å²) in [6, 6.07) is 0.323. The first-order valence-electron chi connectivity index (χ1n) is 3.97. The first-order chi connectivity index (χ1) is 7.94. The summed E-state index contributed by atoms with van der Waals surface area (Å²) >= 11 is 5.17. The smallest absolute Gasteiger partial charge is 0.282 e. The summed E-state index contributed by atoms with van der Waals surface area (Å²) in [5, 5.41) is 9.07. The topological polar surface area (TPSA) is 97.5 Å². The van der Waals surface area contributed by atoms with Crippen molar-refractivity contribution in [2.45, 2.75) is 11.1 Å². The molecule has 0 bridgehead atoms. The molecule has 0 radical (unpaired) electrons. The van der Waals surface area contributed by atoms with E-state index in [-0.39, 0.29) is 12.1 Å². The lowest BCUT2D eigenvalue weighted by Crippen LogP contribution is -2.10. The Morgan fingerprint density at radius 2 is 1.83 bits per heavy atom. The Bertz CT molecular complexity index is 612. The number of non-ortho nitro benzene ring substituents is 1. The number of halogens is 4. The van der Waals surface area contributed by atoms with Gasteiger partial charge in [-0.2, -0.15) is 21.6 Å². The Kier molecular flexibility index (Phi) is 3.56. The molecule has 0 fully saturated rings. The van der Waals surface area contributed by atoms with Crippen LogP contribution in [0.1, 0.15) is 5.56 Å². The van der Waals surface area contributed by atoms with Crippen LogP contribution in [-0.4, -0.2) is 17.9 Å². The molecule has 0 aliphatic heterocycles. The van der Waals surface area contributed by atoms with Crippen LogP contribution < -0.4 is 0 Å². The van der Waals surface area contributed by atoms with Crippen LogP contribution in [0, 0.1) is 10.1 Å². The van der Waals surface area contributed by atoms with E-state index in [1.54, 1.807) is 0 Å². The molecular formula is C7H3ClF3NO5S. The van der Waals surface area contributed by atoms with Gasteiger partial charge < -0.3 is 0 Å². The number of hydrogen-bond acceptors (Lipinski definition) is 4. The highest BCUT2D eigenvalue weighted by atomic mass is 35.5. The molecule has 1 aromatic carbocycles. The molecule has 0 heterocycles. The number of nitrogens with zero attached hydrogens (tertiary/aromatic N) is 1. The Labute approximate surface area is 103 Å². The van der Waals surface area contributed by atoms with Gasteiger partial charge in [0.2, 0.25) is 0 Å². The van der Waals surface area contributed by atoms with Crippen molar-refractivity contribution in [1.29, 1.82) is 0 Å².